The summed E-state index contributed by atoms with van der Waals surface area (Å²) in [6.45, 7) is 0.706. The Hall–Kier alpha value is -1.01. The van der Waals surface area contributed by atoms with Gasteiger partial charge in [0.2, 0.25) is 0 Å². The number of hydrogen-bond acceptors (Lipinski definition) is 4. The van der Waals surface area contributed by atoms with E-state index >= 15 is 0 Å². The highest BCUT2D eigenvalue weighted by Gasteiger charge is 2.52. The lowest BCUT2D eigenvalue weighted by molar-refractivity contribution is -0.231. The van der Waals surface area contributed by atoms with E-state index in [1.54, 1.807) is 0 Å². The Morgan fingerprint density at radius 3 is 2.79 bits per heavy atom. The van der Waals surface area contributed by atoms with Crippen LogP contribution in [0.2, 0.25) is 0 Å². The number of methoxy groups -OCH3 is 1. The standard InChI is InChI=1S/C14H17FO4/c1-16-13-11(15)12(10-8-18-14(13)19-10)17-7-9-5-3-2-4-6-9/h2-6,10-14H,7-8H2,1H3/t10-,11-,12-,13-,14?/m1/s1. The number of fused-ring (bicyclic) bond motifs is 2. The molecule has 2 saturated heterocycles. The lowest BCUT2D eigenvalue weighted by atomic mass is 10.0. The van der Waals surface area contributed by atoms with Gasteiger partial charge in [0.25, 0.3) is 0 Å². The van der Waals surface area contributed by atoms with Crippen LogP contribution in [0, 0.1) is 0 Å². The van der Waals surface area contributed by atoms with Crippen molar-refractivity contribution in [2.24, 2.45) is 0 Å². The van der Waals surface area contributed by atoms with Gasteiger partial charge in [-0.1, -0.05) is 30.3 Å². The first kappa shape index (κ1) is 13.0. The molecule has 0 saturated carbocycles. The first-order valence-corrected chi connectivity index (χ1v) is 6.39. The van der Waals surface area contributed by atoms with Crippen molar-refractivity contribution in [3.63, 3.8) is 0 Å². The highest BCUT2D eigenvalue weighted by molar-refractivity contribution is 5.13. The molecule has 3 rings (SSSR count). The summed E-state index contributed by atoms with van der Waals surface area (Å²) in [7, 11) is 1.46. The Labute approximate surface area is 111 Å². The number of halogens is 1. The largest absolute Gasteiger partial charge is 0.373 e. The summed E-state index contributed by atoms with van der Waals surface area (Å²) in [6.07, 6.45) is -3.57. The lowest BCUT2D eigenvalue weighted by Crippen LogP contribution is -2.53. The zero-order valence-corrected chi connectivity index (χ0v) is 10.7. The van der Waals surface area contributed by atoms with Gasteiger partial charge in [-0.15, -0.1) is 0 Å². The Balaban J connectivity index is 1.66. The molecule has 5 heteroatoms. The Kier molecular flexibility index (Phi) is 3.79. The number of rotatable bonds is 4. The van der Waals surface area contributed by atoms with Gasteiger partial charge in [0.1, 0.15) is 18.3 Å². The average molecular weight is 268 g/mol. The average Bonchev–Trinajstić information content (AvgIpc) is 2.86. The molecule has 0 radical (unpaired) electrons. The van der Waals surface area contributed by atoms with Crippen LogP contribution in [-0.2, 0) is 25.6 Å². The van der Waals surface area contributed by atoms with Crippen LogP contribution in [0.4, 0.5) is 4.39 Å². The van der Waals surface area contributed by atoms with Gasteiger partial charge in [0, 0.05) is 7.11 Å². The van der Waals surface area contributed by atoms with E-state index in [2.05, 4.69) is 0 Å². The number of hydrogen-bond donors (Lipinski definition) is 0. The van der Waals surface area contributed by atoms with Gasteiger partial charge in [-0.05, 0) is 5.56 Å². The zero-order valence-electron chi connectivity index (χ0n) is 10.7. The minimum absolute atomic E-state index is 0.352. The molecule has 19 heavy (non-hydrogen) atoms. The molecule has 0 amide bonds. The van der Waals surface area contributed by atoms with Crippen molar-refractivity contribution in [1.82, 2.24) is 0 Å². The molecule has 0 N–H and O–H groups in total. The van der Waals surface area contributed by atoms with Gasteiger partial charge in [0.05, 0.1) is 13.2 Å². The molecule has 2 heterocycles. The molecule has 2 aliphatic heterocycles. The fourth-order valence-corrected chi connectivity index (χ4v) is 2.53. The Morgan fingerprint density at radius 2 is 2.05 bits per heavy atom. The van der Waals surface area contributed by atoms with E-state index in [0.29, 0.717) is 13.2 Å². The summed E-state index contributed by atoms with van der Waals surface area (Å²) < 4.78 is 36.1. The van der Waals surface area contributed by atoms with Crippen LogP contribution < -0.4 is 0 Å². The Morgan fingerprint density at radius 1 is 1.26 bits per heavy atom. The summed E-state index contributed by atoms with van der Waals surface area (Å²) in [5, 5.41) is 0. The van der Waals surface area contributed by atoms with Gasteiger partial charge < -0.3 is 18.9 Å². The summed E-state index contributed by atoms with van der Waals surface area (Å²) in [5.41, 5.74) is 1.00. The molecule has 1 aromatic rings. The molecule has 5 atom stereocenters. The molecule has 2 aliphatic rings. The van der Waals surface area contributed by atoms with E-state index in [4.69, 9.17) is 18.9 Å². The van der Waals surface area contributed by atoms with E-state index < -0.39 is 24.7 Å². The van der Waals surface area contributed by atoms with Crippen LogP contribution in [0.15, 0.2) is 30.3 Å². The summed E-state index contributed by atoms with van der Waals surface area (Å²) in [6, 6.07) is 9.67. The maximum Gasteiger partial charge on any atom is 0.187 e. The smallest absolute Gasteiger partial charge is 0.187 e. The van der Waals surface area contributed by atoms with Crippen molar-refractivity contribution in [1.29, 1.82) is 0 Å². The van der Waals surface area contributed by atoms with Crippen LogP contribution in [-0.4, -0.2) is 44.5 Å². The van der Waals surface area contributed by atoms with Gasteiger partial charge in [-0.25, -0.2) is 4.39 Å². The van der Waals surface area contributed by atoms with Gasteiger partial charge in [-0.3, -0.25) is 0 Å². The molecule has 4 nitrogen and oxygen atoms in total. The van der Waals surface area contributed by atoms with Crippen molar-refractivity contribution >= 4 is 0 Å². The highest BCUT2D eigenvalue weighted by atomic mass is 19.1. The molecular weight excluding hydrogens is 251 g/mol. The second kappa shape index (κ2) is 5.54. The third-order valence-electron chi connectivity index (χ3n) is 3.55. The number of ether oxygens (including phenoxy) is 4. The van der Waals surface area contributed by atoms with Crippen LogP contribution in [0.5, 0.6) is 0 Å². The van der Waals surface area contributed by atoms with E-state index in [-0.39, 0.29) is 6.10 Å². The quantitative estimate of drug-likeness (QED) is 0.832. The monoisotopic (exact) mass is 268 g/mol. The maximum absolute atomic E-state index is 14.3. The molecule has 104 valence electrons. The van der Waals surface area contributed by atoms with Crippen molar-refractivity contribution in [2.45, 2.75) is 37.4 Å². The van der Waals surface area contributed by atoms with Crippen LogP contribution in [0.1, 0.15) is 5.56 Å². The summed E-state index contributed by atoms with van der Waals surface area (Å²) in [5.74, 6) is 0. The minimum atomic E-state index is -1.24. The Bertz CT molecular complexity index is 413. The molecule has 0 spiro atoms. The molecule has 1 aromatic carbocycles. The number of benzene rings is 1. The molecule has 2 bridgehead atoms. The van der Waals surface area contributed by atoms with E-state index in [0.717, 1.165) is 5.56 Å². The van der Waals surface area contributed by atoms with Gasteiger partial charge in [-0.2, -0.15) is 0 Å². The molecular formula is C14H17FO4. The number of alkyl halides is 1. The van der Waals surface area contributed by atoms with E-state index in [9.17, 15) is 4.39 Å². The highest BCUT2D eigenvalue weighted by Crippen LogP contribution is 2.33. The molecule has 0 aliphatic carbocycles. The normalized spacial score (nSPS) is 37.5. The lowest BCUT2D eigenvalue weighted by Gasteiger charge is -2.35. The van der Waals surface area contributed by atoms with Crippen LogP contribution >= 0.6 is 0 Å². The fourth-order valence-electron chi connectivity index (χ4n) is 2.53. The molecule has 2 fully saturated rings. The van der Waals surface area contributed by atoms with E-state index in [1.165, 1.54) is 7.11 Å². The minimum Gasteiger partial charge on any atom is -0.373 e. The van der Waals surface area contributed by atoms with Crippen molar-refractivity contribution in [2.75, 3.05) is 13.7 Å². The third-order valence-corrected chi connectivity index (χ3v) is 3.55. The van der Waals surface area contributed by atoms with Crippen molar-refractivity contribution in [3.05, 3.63) is 35.9 Å². The molecule has 0 aromatic heterocycles. The van der Waals surface area contributed by atoms with E-state index in [1.807, 2.05) is 30.3 Å². The third kappa shape index (κ3) is 2.51. The van der Waals surface area contributed by atoms with Crippen molar-refractivity contribution in [3.8, 4) is 0 Å². The van der Waals surface area contributed by atoms with Gasteiger partial charge >= 0.3 is 0 Å². The van der Waals surface area contributed by atoms with Crippen LogP contribution in [0.25, 0.3) is 0 Å². The zero-order chi connectivity index (χ0) is 13.2. The maximum atomic E-state index is 14.3. The SMILES string of the molecule is CO[C@H]1C2OC[C@@H](O2)[C@@H](OCc2ccccc2)[C@H]1F. The molecule has 1 unspecified atom stereocenters. The fraction of sp³-hybridized carbons (Fsp3) is 0.571. The van der Waals surface area contributed by atoms with Gasteiger partial charge in [0.15, 0.2) is 12.5 Å². The van der Waals surface area contributed by atoms with Crippen molar-refractivity contribution < 1.29 is 23.3 Å². The summed E-state index contributed by atoms with van der Waals surface area (Å²) in [4.78, 5) is 0. The topological polar surface area (TPSA) is 36.9 Å². The first-order chi connectivity index (χ1) is 9.29. The second-order valence-electron chi connectivity index (χ2n) is 4.78. The second-order valence-corrected chi connectivity index (χ2v) is 4.78. The first-order valence-electron chi connectivity index (χ1n) is 6.39. The predicted octanol–water partition coefficient (Wildman–Crippen LogP) is 1.68. The van der Waals surface area contributed by atoms with Crippen LogP contribution in [0.3, 0.4) is 0 Å². The predicted molar refractivity (Wildman–Crippen MR) is 65.3 cm³/mol. The summed E-state index contributed by atoms with van der Waals surface area (Å²) >= 11 is 0.